The van der Waals surface area contributed by atoms with Crippen molar-refractivity contribution in [3.8, 4) is 6.07 Å². The van der Waals surface area contributed by atoms with E-state index in [-0.39, 0.29) is 11.7 Å². The number of aryl methyl sites for hydroxylation is 1. The zero-order valence-corrected chi connectivity index (χ0v) is 12.5. The summed E-state index contributed by atoms with van der Waals surface area (Å²) >= 11 is 0. The summed E-state index contributed by atoms with van der Waals surface area (Å²) in [6.07, 6.45) is 6.49. The van der Waals surface area contributed by atoms with E-state index in [9.17, 15) is 10.1 Å². The van der Waals surface area contributed by atoms with Gasteiger partial charge in [0.1, 0.15) is 17.4 Å². The van der Waals surface area contributed by atoms with E-state index in [4.69, 9.17) is 10.5 Å². The summed E-state index contributed by atoms with van der Waals surface area (Å²) in [5.41, 5.74) is 7.59. The van der Waals surface area contributed by atoms with Crippen molar-refractivity contribution >= 4 is 5.78 Å². The molecule has 114 valence electrons. The topological polar surface area (TPSA) is 93.9 Å². The van der Waals surface area contributed by atoms with E-state index in [1.807, 2.05) is 10.9 Å². The first-order valence-corrected chi connectivity index (χ1v) is 7.51. The summed E-state index contributed by atoms with van der Waals surface area (Å²) in [7, 11) is 0. The average Bonchev–Trinajstić information content (AvgIpc) is 2.95. The van der Waals surface area contributed by atoms with Crippen molar-refractivity contribution < 1.29 is 9.53 Å². The molecule has 0 aromatic carbocycles. The fraction of sp³-hybridized carbons (Fsp3) is 0.438. The molecule has 1 aromatic heterocycles. The number of ketones is 1. The number of Topliss-reactive ketones (excluding diaryl/α,β-unsaturated/α-hetero) is 1. The summed E-state index contributed by atoms with van der Waals surface area (Å²) < 4.78 is 7.36. The van der Waals surface area contributed by atoms with E-state index in [0.29, 0.717) is 29.7 Å². The molecule has 1 aromatic rings. The Morgan fingerprint density at radius 1 is 1.55 bits per heavy atom. The van der Waals surface area contributed by atoms with Gasteiger partial charge in [0.2, 0.25) is 5.88 Å². The van der Waals surface area contributed by atoms with Gasteiger partial charge in [-0.3, -0.25) is 9.48 Å². The van der Waals surface area contributed by atoms with Gasteiger partial charge in [-0.05, 0) is 12.8 Å². The van der Waals surface area contributed by atoms with Gasteiger partial charge in [0, 0.05) is 36.7 Å². The van der Waals surface area contributed by atoms with Gasteiger partial charge in [-0.25, -0.2) is 0 Å². The van der Waals surface area contributed by atoms with Crippen molar-refractivity contribution in [2.45, 2.75) is 45.1 Å². The van der Waals surface area contributed by atoms with Gasteiger partial charge in [-0.2, -0.15) is 10.4 Å². The maximum absolute atomic E-state index is 12.4. The first-order chi connectivity index (χ1) is 10.7. The van der Waals surface area contributed by atoms with Crippen molar-refractivity contribution in [3.63, 3.8) is 0 Å². The highest BCUT2D eigenvalue weighted by Crippen LogP contribution is 2.43. The lowest BCUT2D eigenvalue weighted by molar-refractivity contribution is -0.116. The normalized spacial score (nSPS) is 21.5. The quantitative estimate of drug-likeness (QED) is 0.922. The standard InChI is InChI=1S/C16H18N4O2/c1-2-6-20-9-10(8-19-20)14-11(7-17)16(18)22-13-5-3-4-12(21)15(13)14/h8-9,14H,2-6,18H2,1H3. The minimum atomic E-state index is -0.452. The highest BCUT2D eigenvalue weighted by Gasteiger charge is 2.38. The maximum Gasteiger partial charge on any atom is 0.205 e. The number of hydrogen-bond donors (Lipinski definition) is 1. The molecule has 0 saturated heterocycles. The monoisotopic (exact) mass is 298 g/mol. The number of aromatic nitrogens is 2. The number of nitrogens with zero attached hydrogens (tertiary/aromatic N) is 3. The SMILES string of the molecule is CCCn1cc(C2C(C#N)=C(N)OC3=C2C(=O)CCC3)cn1. The molecule has 0 spiro atoms. The second-order valence-corrected chi connectivity index (χ2v) is 5.58. The molecule has 0 radical (unpaired) electrons. The smallest absolute Gasteiger partial charge is 0.205 e. The second kappa shape index (κ2) is 5.68. The van der Waals surface area contributed by atoms with Gasteiger partial charge >= 0.3 is 0 Å². The fourth-order valence-electron chi connectivity index (χ4n) is 3.07. The fourth-order valence-corrected chi connectivity index (χ4v) is 3.07. The van der Waals surface area contributed by atoms with Gasteiger partial charge in [0.15, 0.2) is 5.78 Å². The van der Waals surface area contributed by atoms with Crippen molar-refractivity contribution in [1.29, 1.82) is 5.26 Å². The van der Waals surface area contributed by atoms with E-state index in [1.54, 1.807) is 6.20 Å². The van der Waals surface area contributed by atoms with Crippen LogP contribution < -0.4 is 5.73 Å². The Bertz CT molecular complexity index is 721. The van der Waals surface area contributed by atoms with E-state index >= 15 is 0 Å². The minimum Gasteiger partial charge on any atom is -0.444 e. The Labute approximate surface area is 128 Å². The number of nitriles is 1. The van der Waals surface area contributed by atoms with Crippen molar-refractivity contribution in [2.24, 2.45) is 5.73 Å². The molecule has 2 N–H and O–H groups in total. The number of carbonyl (C=O) groups excluding carboxylic acids is 1. The number of carbonyl (C=O) groups is 1. The molecule has 6 nitrogen and oxygen atoms in total. The number of ether oxygens (including phenoxy) is 1. The Morgan fingerprint density at radius 3 is 3.09 bits per heavy atom. The summed E-state index contributed by atoms with van der Waals surface area (Å²) in [6.45, 7) is 2.86. The van der Waals surface area contributed by atoms with E-state index in [1.165, 1.54) is 0 Å². The van der Waals surface area contributed by atoms with Crippen molar-refractivity contribution in [3.05, 3.63) is 40.7 Å². The van der Waals surface area contributed by atoms with Gasteiger partial charge in [0.25, 0.3) is 0 Å². The van der Waals surface area contributed by atoms with E-state index < -0.39 is 5.92 Å². The zero-order valence-electron chi connectivity index (χ0n) is 12.5. The van der Waals surface area contributed by atoms with Crippen LogP contribution in [0.5, 0.6) is 0 Å². The Morgan fingerprint density at radius 2 is 2.36 bits per heavy atom. The molecule has 6 heteroatoms. The van der Waals surface area contributed by atoms with Crippen LogP contribution in [0.2, 0.25) is 0 Å². The third kappa shape index (κ3) is 2.29. The molecule has 1 unspecified atom stereocenters. The molecular weight excluding hydrogens is 280 g/mol. The van der Waals surface area contributed by atoms with Crippen LogP contribution in [0.3, 0.4) is 0 Å². The number of rotatable bonds is 3. The second-order valence-electron chi connectivity index (χ2n) is 5.58. The highest BCUT2D eigenvalue weighted by molar-refractivity contribution is 5.99. The molecule has 1 aliphatic heterocycles. The predicted octanol–water partition coefficient (Wildman–Crippen LogP) is 2.11. The maximum atomic E-state index is 12.4. The molecule has 3 rings (SSSR count). The van der Waals surface area contributed by atoms with Gasteiger partial charge < -0.3 is 10.5 Å². The Kier molecular flexibility index (Phi) is 3.72. The summed E-state index contributed by atoms with van der Waals surface area (Å²) in [4.78, 5) is 12.4. The first kappa shape index (κ1) is 14.4. The minimum absolute atomic E-state index is 0.0368. The van der Waals surface area contributed by atoms with Crippen LogP contribution in [0.4, 0.5) is 0 Å². The zero-order chi connectivity index (χ0) is 15.7. The molecule has 2 aliphatic rings. The van der Waals surface area contributed by atoms with Crippen LogP contribution in [-0.4, -0.2) is 15.6 Å². The molecular formula is C16H18N4O2. The molecule has 0 bridgehead atoms. The Balaban J connectivity index is 2.09. The number of hydrogen-bond acceptors (Lipinski definition) is 5. The summed E-state index contributed by atoms with van der Waals surface area (Å²) in [5, 5.41) is 13.8. The molecule has 2 heterocycles. The predicted molar refractivity (Wildman–Crippen MR) is 79.1 cm³/mol. The molecule has 0 amide bonds. The molecule has 22 heavy (non-hydrogen) atoms. The van der Waals surface area contributed by atoms with Gasteiger partial charge in [0.05, 0.1) is 12.1 Å². The lowest BCUT2D eigenvalue weighted by atomic mass is 9.78. The van der Waals surface area contributed by atoms with E-state index in [0.717, 1.165) is 24.9 Å². The molecule has 1 aliphatic carbocycles. The van der Waals surface area contributed by atoms with E-state index in [2.05, 4.69) is 18.1 Å². The molecule has 0 saturated carbocycles. The summed E-state index contributed by atoms with van der Waals surface area (Å²) in [6, 6.07) is 2.10. The molecule has 1 atom stereocenters. The Hall–Kier alpha value is -2.55. The summed E-state index contributed by atoms with van der Waals surface area (Å²) in [5.74, 6) is 0.298. The highest BCUT2D eigenvalue weighted by atomic mass is 16.5. The van der Waals surface area contributed by atoms with Crippen molar-refractivity contribution in [2.75, 3.05) is 0 Å². The number of nitrogens with two attached hydrogens (primary N) is 1. The third-order valence-electron chi connectivity index (χ3n) is 4.04. The van der Waals surface area contributed by atoms with Crippen LogP contribution in [0.25, 0.3) is 0 Å². The molecule has 0 fully saturated rings. The van der Waals surface area contributed by atoms with Gasteiger partial charge in [-0.15, -0.1) is 0 Å². The largest absolute Gasteiger partial charge is 0.444 e. The van der Waals surface area contributed by atoms with Crippen LogP contribution >= 0.6 is 0 Å². The first-order valence-electron chi connectivity index (χ1n) is 7.51. The lowest BCUT2D eigenvalue weighted by Gasteiger charge is -2.30. The van der Waals surface area contributed by atoms with Crippen molar-refractivity contribution in [1.82, 2.24) is 9.78 Å². The van der Waals surface area contributed by atoms with Crippen LogP contribution in [0.1, 0.15) is 44.1 Å². The van der Waals surface area contributed by atoms with Gasteiger partial charge in [-0.1, -0.05) is 6.92 Å². The third-order valence-corrected chi connectivity index (χ3v) is 4.04. The van der Waals surface area contributed by atoms with Crippen LogP contribution in [0.15, 0.2) is 35.2 Å². The number of allylic oxidation sites excluding steroid dienone is 3. The average molecular weight is 298 g/mol. The van der Waals surface area contributed by atoms with Crippen LogP contribution in [0, 0.1) is 11.3 Å². The lowest BCUT2D eigenvalue weighted by Crippen LogP contribution is -2.27. The van der Waals surface area contributed by atoms with Crippen LogP contribution in [-0.2, 0) is 16.1 Å².